The van der Waals surface area contributed by atoms with E-state index >= 15 is 0 Å². The minimum Gasteiger partial charge on any atom is -0.397 e. The first-order valence-corrected chi connectivity index (χ1v) is 11.0. The lowest BCUT2D eigenvalue weighted by Crippen LogP contribution is -2.41. The highest BCUT2D eigenvalue weighted by Gasteiger charge is 2.24. The largest absolute Gasteiger partial charge is 0.397 e. The number of halogens is 1. The van der Waals surface area contributed by atoms with Crippen molar-refractivity contribution < 1.29 is 9.53 Å². The number of rotatable bonds is 6. The molecule has 2 aliphatic heterocycles. The zero-order valence-electron chi connectivity index (χ0n) is 17.5. The predicted octanol–water partition coefficient (Wildman–Crippen LogP) is 3.82. The van der Waals surface area contributed by atoms with Crippen molar-refractivity contribution in [2.45, 2.75) is 39.5 Å². The zero-order valence-corrected chi connectivity index (χ0v) is 18.3. The molecule has 0 aliphatic carbocycles. The van der Waals surface area contributed by atoms with E-state index in [0.29, 0.717) is 34.4 Å². The number of anilines is 1. The molecule has 1 aromatic rings. The highest BCUT2D eigenvalue weighted by Crippen LogP contribution is 2.34. The SMILES string of the molecule is CC=Nc1c(C(=O)NCC2CCN(CC3CCOCC3)CC2)cc(Cl)c(N)c1C. The number of nitrogens with one attached hydrogen (secondary N) is 1. The van der Waals surface area contributed by atoms with Gasteiger partial charge in [-0.2, -0.15) is 0 Å². The van der Waals surface area contributed by atoms with E-state index in [-0.39, 0.29) is 5.91 Å². The summed E-state index contributed by atoms with van der Waals surface area (Å²) in [6, 6.07) is 1.62. The summed E-state index contributed by atoms with van der Waals surface area (Å²) in [6.07, 6.45) is 6.26. The Morgan fingerprint density at radius 1 is 1.31 bits per heavy atom. The Morgan fingerprint density at radius 3 is 2.66 bits per heavy atom. The summed E-state index contributed by atoms with van der Waals surface area (Å²) < 4.78 is 5.46. The van der Waals surface area contributed by atoms with E-state index in [0.717, 1.165) is 50.6 Å². The van der Waals surface area contributed by atoms with Gasteiger partial charge in [-0.1, -0.05) is 11.6 Å². The first-order valence-electron chi connectivity index (χ1n) is 10.6. The smallest absolute Gasteiger partial charge is 0.253 e. The minimum absolute atomic E-state index is 0.139. The van der Waals surface area contributed by atoms with Crippen LogP contribution in [0.2, 0.25) is 5.02 Å². The highest BCUT2D eigenvalue weighted by molar-refractivity contribution is 6.34. The molecule has 2 heterocycles. The second kappa shape index (κ2) is 10.4. The number of nitrogens with two attached hydrogens (primary N) is 1. The standard InChI is InChI=1S/C22H33ClN4O2/c1-3-25-21-15(2)20(24)19(23)12-18(21)22(28)26-13-16-4-8-27(9-5-16)14-17-6-10-29-11-7-17/h3,12,16-17H,4-11,13-14,24H2,1-2H3,(H,26,28). The van der Waals surface area contributed by atoms with Crippen LogP contribution in [0.5, 0.6) is 0 Å². The van der Waals surface area contributed by atoms with Gasteiger partial charge in [0.2, 0.25) is 0 Å². The molecule has 3 N–H and O–H groups in total. The van der Waals surface area contributed by atoms with Gasteiger partial charge in [-0.15, -0.1) is 0 Å². The molecule has 1 amide bonds. The molecule has 0 aromatic heterocycles. The Morgan fingerprint density at radius 2 is 2.00 bits per heavy atom. The van der Waals surface area contributed by atoms with E-state index in [1.165, 1.54) is 19.4 Å². The maximum Gasteiger partial charge on any atom is 0.253 e. The number of aliphatic imine (C=N–C) groups is 1. The average molecular weight is 421 g/mol. The molecule has 0 radical (unpaired) electrons. The third-order valence-electron chi connectivity index (χ3n) is 6.16. The van der Waals surface area contributed by atoms with Crippen LogP contribution in [0.3, 0.4) is 0 Å². The van der Waals surface area contributed by atoms with Crippen molar-refractivity contribution in [3.8, 4) is 0 Å². The number of amides is 1. The van der Waals surface area contributed by atoms with Gasteiger partial charge in [0.25, 0.3) is 5.91 Å². The summed E-state index contributed by atoms with van der Waals surface area (Å²) in [7, 11) is 0. The van der Waals surface area contributed by atoms with Gasteiger partial charge in [-0.05, 0) is 76.1 Å². The number of nitrogens with zero attached hydrogens (tertiary/aromatic N) is 2. The lowest BCUT2D eigenvalue weighted by molar-refractivity contribution is 0.0467. The van der Waals surface area contributed by atoms with E-state index < -0.39 is 0 Å². The molecule has 1 aromatic carbocycles. The van der Waals surface area contributed by atoms with Gasteiger partial charge >= 0.3 is 0 Å². The molecule has 0 bridgehead atoms. The highest BCUT2D eigenvalue weighted by atomic mass is 35.5. The van der Waals surface area contributed by atoms with Gasteiger partial charge in [-0.25, -0.2) is 0 Å². The third kappa shape index (κ3) is 5.71. The second-order valence-electron chi connectivity index (χ2n) is 8.19. The molecule has 0 spiro atoms. The minimum atomic E-state index is -0.139. The van der Waals surface area contributed by atoms with Crippen LogP contribution in [0, 0.1) is 18.8 Å². The number of hydrogen-bond donors (Lipinski definition) is 2. The number of piperidine rings is 1. The molecular weight excluding hydrogens is 388 g/mol. The van der Waals surface area contributed by atoms with Crippen molar-refractivity contribution >= 4 is 35.1 Å². The fourth-order valence-corrected chi connectivity index (χ4v) is 4.50. The van der Waals surface area contributed by atoms with E-state index in [4.69, 9.17) is 22.1 Å². The van der Waals surface area contributed by atoms with Crippen molar-refractivity contribution in [1.29, 1.82) is 0 Å². The van der Waals surface area contributed by atoms with Crippen LogP contribution in [0.25, 0.3) is 0 Å². The normalized spacial score (nSPS) is 19.7. The van der Waals surface area contributed by atoms with Crippen LogP contribution in [0.1, 0.15) is 48.5 Å². The molecule has 29 heavy (non-hydrogen) atoms. The van der Waals surface area contributed by atoms with Crippen LogP contribution in [-0.2, 0) is 4.74 Å². The summed E-state index contributed by atoms with van der Waals surface area (Å²) in [5, 5.41) is 3.48. The quantitative estimate of drug-likeness (QED) is 0.541. The average Bonchev–Trinajstić information content (AvgIpc) is 2.74. The maximum absolute atomic E-state index is 12.8. The fourth-order valence-electron chi connectivity index (χ4n) is 4.25. The first-order chi connectivity index (χ1) is 14.0. The Hall–Kier alpha value is -1.63. The van der Waals surface area contributed by atoms with Crippen LogP contribution >= 0.6 is 11.6 Å². The first kappa shape index (κ1) is 22.1. The molecule has 0 atom stereocenters. The number of nitrogen functional groups attached to an aromatic ring is 1. The monoisotopic (exact) mass is 420 g/mol. The number of carbonyl (C=O) groups is 1. The van der Waals surface area contributed by atoms with Crippen molar-refractivity contribution in [3.63, 3.8) is 0 Å². The van der Waals surface area contributed by atoms with Crippen molar-refractivity contribution in [2.75, 3.05) is 45.1 Å². The van der Waals surface area contributed by atoms with E-state index in [9.17, 15) is 4.79 Å². The molecule has 0 unspecified atom stereocenters. The molecule has 160 valence electrons. The van der Waals surface area contributed by atoms with Gasteiger partial charge in [0, 0.05) is 32.5 Å². The zero-order chi connectivity index (χ0) is 20.8. The Balaban J connectivity index is 1.51. The maximum atomic E-state index is 12.8. The van der Waals surface area contributed by atoms with Gasteiger partial charge in [-0.3, -0.25) is 9.79 Å². The molecule has 2 fully saturated rings. The summed E-state index contributed by atoms with van der Waals surface area (Å²) >= 11 is 6.21. The number of carbonyl (C=O) groups excluding carboxylic acids is 1. The van der Waals surface area contributed by atoms with Crippen molar-refractivity contribution in [3.05, 3.63) is 22.2 Å². The van der Waals surface area contributed by atoms with Crippen molar-refractivity contribution in [1.82, 2.24) is 10.2 Å². The van der Waals surface area contributed by atoms with Gasteiger partial charge < -0.3 is 20.7 Å². The summed E-state index contributed by atoms with van der Waals surface area (Å²) in [5.74, 6) is 1.14. The van der Waals surface area contributed by atoms with Gasteiger partial charge in [0.15, 0.2) is 0 Å². The molecule has 2 aliphatic rings. The molecule has 6 nitrogen and oxygen atoms in total. The van der Waals surface area contributed by atoms with Crippen LogP contribution in [0.15, 0.2) is 11.1 Å². The molecule has 0 saturated carbocycles. The number of likely N-dealkylation sites (tertiary alicyclic amines) is 1. The molecular formula is C22H33ClN4O2. The molecule has 7 heteroatoms. The lowest BCUT2D eigenvalue weighted by atomic mass is 9.94. The third-order valence-corrected chi connectivity index (χ3v) is 6.47. The molecule has 3 rings (SSSR count). The number of hydrogen-bond acceptors (Lipinski definition) is 5. The summed E-state index contributed by atoms with van der Waals surface area (Å²) in [6.45, 7) is 9.56. The van der Waals surface area contributed by atoms with E-state index in [1.807, 2.05) is 13.8 Å². The van der Waals surface area contributed by atoms with E-state index in [2.05, 4.69) is 15.2 Å². The Bertz CT molecular complexity index is 739. The fraction of sp³-hybridized carbons (Fsp3) is 0.636. The number of ether oxygens (including phenoxy) is 1. The van der Waals surface area contributed by atoms with Crippen LogP contribution in [-0.4, -0.2) is 56.4 Å². The summed E-state index contributed by atoms with van der Waals surface area (Å²) in [5.41, 5.74) is 8.29. The summed E-state index contributed by atoms with van der Waals surface area (Å²) in [4.78, 5) is 19.7. The predicted molar refractivity (Wildman–Crippen MR) is 119 cm³/mol. The van der Waals surface area contributed by atoms with Crippen LogP contribution in [0.4, 0.5) is 11.4 Å². The second-order valence-corrected chi connectivity index (χ2v) is 8.60. The topological polar surface area (TPSA) is 80.0 Å². The van der Waals surface area contributed by atoms with Crippen molar-refractivity contribution in [2.24, 2.45) is 16.8 Å². The Kier molecular flexibility index (Phi) is 7.92. The Labute approximate surface area is 178 Å². The lowest BCUT2D eigenvalue weighted by Gasteiger charge is -2.35. The molecule has 2 saturated heterocycles. The van der Waals surface area contributed by atoms with Gasteiger partial charge in [0.1, 0.15) is 0 Å². The number of benzene rings is 1. The van der Waals surface area contributed by atoms with E-state index in [1.54, 1.807) is 12.3 Å². The van der Waals surface area contributed by atoms with Gasteiger partial charge in [0.05, 0.1) is 22.0 Å². The van der Waals surface area contributed by atoms with Crippen LogP contribution < -0.4 is 11.1 Å².